The monoisotopic (exact) mass is 267 g/mol. The van der Waals surface area contributed by atoms with Crippen LogP contribution in [0.2, 0.25) is 0 Å². The number of hydrogen-bond donors (Lipinski definition) is 2. The summed E-state index contributed by atoms with van der Waals surface area (Å²) < 4.78 is 4.90. The molecule has 0 aliphatic heterocycles. The SMILES string of the molecule is CCOC(=O)c1cnc(NCC(C)(O)CC)nc1C. The van der Waals surface area contributed by atoms with Crippen molar-refractivity contribution in [2.24, 2.45) is 0 Å². The number of carbonyl (C=O) groups excluding carboxylic acids is 1. The van der Waals surface area contributed by atoms with Gasteiger partial charge in [0, 0.05) is 12.7 Å². The van der Waals surface area contributed by atoms with E-state index >= 15 is 0 Å². The van der Waals surface area contributed by atoms with Crippen LogP contribution >= 0.6 is 0 Å². The molecule has 1 rings (SSSR count). The number of aliphatic hydroxyl groups is 1. The van der Waals surface area contributed by atoms with E-state index in [0.29, 0.717) is 36.8 Å². The number of nitrogens with one attached hydrogen (secondary N) is 1. The molecule has 106 valence electrons. The number of ether oxygens (including phenoxy) is 1. The molecule has 0 bridgehead atoms. The summed E-state index contributed by atoms with van der Waals surface area (Å²) in [7, 11) is 0. The quantitative estimate of drug-likeness (QED) is 0.760. The van der Waals surface area contributed by atoms with Crippen molar-refractivity contribution in [3.05, 3.63) is 17.5 Å². The summed E-state index contributed by atoms with van der Waals surface area (Å²) in [5.74, 6) is -0.0358. The molecule has 0 spiro atoms. The van der Waals surface area contributed by atoms with Gasteiger partial charge in [0.05, 0.1) is 23.5 Å². The second kappa shape index (κ2) is 6.47. The summed E-state index contributed by atoms with van der Waals surface area (Å²) in [4.78, 5) is 19.8. The van der Waals surface area contributed by atoms with E-state index in [-0.39, 0.29) is 0 Å². The Labute approximate surface area is 113 Å². The van der Waals surface area contributed by atoms with Crippen molar-refractivity contribution >= 4 is 11.9 Å². The summed E-state index contributed by atoms with van der Waals surface area (Å²) in [6.07, 6.45) is 2.06. The topological polar surface area (TPSA) is 84.3 Å². The second-order valence-corrected chi connectivity index (χ2v) is 4.62. The zero-order chi connectivity index (χ0) is 14.5. The van der Waals surface area contributed by atoms with Crippen LogP contribution in [-0.4, -0.2) is 39.8 Å². The van der Waals surface area contributed by atoms with Crippen molar-refractivity contribution in [2.75, 3.05) is 18.5 Å². The van der Waals surface area contributed by atoms with Crippen LogP contribution < -0.4 is 5.32 Å². The lowest BCUT2D eigenvalue weighted by Gasteiger charge is -2.21. The highest BCUT2D eigenvalue weighted by Crippen LogP contribution is 2.12. The molecule has 1 unspecified atom stereocenters. The minimum Gasteiger partial charge on any atom is -0.462 e. The molecule has 0 saturated heterocycles. The zero-order valence-corrected chi connectivity index (χ0v) is 11.9. The molecule has 2 N–H and O–H groups in total. The summed E-state index contributed by atoms with van der Waals surface area (Å²) in [6.45, 7) is 7.77. The maximum atomic E-state index is 11.6. The van der Waals surface area contributed by atoms with E-state index < -0.39 is 11.6 Å². The first-order valence-electron chi connectivity index (χ1n) is 6.36. The predicted molar refractivity (Wildman–Crippen MR) is 72.1 cm³/mol. The molecule has 0 radical (unpaired) electrons. The van der Waals surface area contributed by atoms with Crippen molar-refractivity contribution in [1.29, 1.82) is 0 Å². The maximum absolute atomic E-state index is 11.6. The van der Waals surface area contributed by atoms with Crippen molar-refractivity contribution in [3.8, 4) is 0 Å². The number of nitrogens with zero attached hydrogens (tertiary/aromatic N) is 2. The van der Waals surface area contributed by atoms with Crippen molar-refractivity contribution in [2.45, 2.75) is 39.7 Å². The Hall–Kier alpha value is -1.69. The maximum Gasteiger partial charge on any atom is 0.341 e. The Morgan fingerprint density at radius 1 is 1.53 bits per heavy atom. The van der Waals surface area contributed by atoms with Crippen LogP contribution in [0.15, 0.2) is 6.20 Å². The molecule has 1 aromatic rings. The molecule has 1 atom stereocenters. The number of hydrogen-bond acceptors (Lipinski definition) is 6. The van der Waals surface area contributed by atoms with Crippen LogP contribution in [0.4, 0.5) is 5.95 Å². The van der Waals surface area contributed by atoms with Gasteiger partial charge in [-0.1, -0.05) is 6.92 Å². The smallest absolute Gasteiger partial charge is 0.341 e. The Bertz CT molecular complexity index is 447. The number of esters is 1. The van der Waals surface area contributed by atoms with Gasteiger partial charge < -0.3 is 15.2 Å². The summed E-state index contributed by atoms with van der Waals surface area (Å²) in [5.41, 5.74) is 0.0959. The van der Waals surface area contributed by atoms with Gasteiger partial charge in [0.2, 0.25) is 5.95 Å². The van der Waals surface area contributed by atoms with E-state index in [9.17, 15) is 9.90 Å². The first-order chi connectivity index (χ1) is 8.89. The van der Waals surface area contributed by atoms with Crippen molar-refractivity contribution in [1.82, 2.24) is 9.97 Å². The Balaban J connectivity index is 2.74. The van der Waals surface area contributed by atoms with E-state index in [1.807, 2.05) is 6.92 Å². The van der Waals surface area contributed by atoms with Crippen molar-refractivity contribution in [3.63, 3.8) is 0 Å². The number of aromatic nitrogens is 2. The van der Waals surface area contributed by atoms with Crippen LogP contribution in [0, 0.1) is 6.92 Å². The standard InChI is InChI=1S/C13H21N3O3/c1-5-13(4,18)8-15-12-14-7-10(9(3)16-12)11(17)19-6-2/h7,18H,5-6,8H2,1-4H3,(H,14,15,16). The molecule has 0 aromatic carbocycles. The Kier molecular flexibility index (Phi) is 5.23. The molecule has 0 aliphatic carbocycles. The van der Waals surface area contributed by atoms with Crippen LogP contribution in [0.5, 0.6) is 0 Å². The average Bonchev–Trinajstić information content (AvgIpc) is 2.37. The Morgan fingerprint density at radius 2 is 2.21 bits per heavy atom. The summed E-state index contributed by atoms with van der Waals surface area (Å²) in [6, 6.07) is 0. The third kappa shape index (κ3) is 4.48. The average molecular weight is 267 g/mol. The van der Waals surface area contributed by atoms with Gasteiger partial charge in [-0.15, -0.1) is 0 Å². The van der Waals surface area contributed by atoms with Crippen LogP contribution in [0.3, 0.4) is 0 Å². The van der Waals surface area contributed by atoms with Gasteiger partial charge >= 0.3 is 5.97 Å². The number of carbonyl (C=O) groups is 1. The molecule has 6 nitrogen and oxygen atoms in total. The lowest BCUT2D eigenvalue weighted by atomic mass is 10.0. The minimum atomic E-state index is -0.808. The fourth-order valence-corrected chi connectivity index (χ4v) is 1.36. The van der Waals surface area contributed by atoms with Crippen LogP contribution in [0.25, 0.3) is 0 Å². The fourth-order valence-electron chi connectivity index (χ4n) is 1.36. The second-order valence-electron chi connectivity index (χ2n) is 4.62. The molecule has 1 aromatic heterocycles. The number of rotatable bonds is 6. The van der Waals surface area contributed by atoms with Gasteiger partial charge in [-0.2, -0.15) is 0 Å². The predicted octanol–water partition coefficient (Wildman–Crippen LogP) is 1.53. The van der Waals surface area contributed by atoms with E-state index in [1.54, 1.807) is 20.8 Å². The third-order valence-corrected chi connectivity index (χ3v) is 2.86. The molecule has 0 saturated carbocycles. The minimum absolute atomic E-state index is 0.317. The molecule has 0 amide bonds. The van der Waals surface area contributed by atoms with Gasteiger partial charge in [0.25, 0.3) is 0 Å². The first kappa shape index (κ1) is 15.4. The van der Waals surface area contributed by atoms with Gasteiger partial charge in [-0.3, -0.25) is 0 Å². The van der Waals surface area contributed by atoms with E-state index in [0.717, 1.165) is 0 Å². The normalized spacial score (nSPS) is 13.7. The largest absolute Gasteiger partial charge is 0.462 e. The Morgan fingerprint density at radius 3 is 2.74 bits per heavy atom. The van der Waals surface area contributed by atoms with E-state index in [4.69, 9.17) is 4.74 Å². The molecule has 1 heterocycles. The molecular weight excluding hydrogens is 246 g/mol. The van der Waals surface area contributed by atoms with Gasteiger partial charge in [0.15, 0.2) is 0 Å². The van der Waals surface area contributed by atoms with Gasteiger partial charge in [-0.05, 0) is 27.2 Å². The van der Waals surface area contributed by atoms with Crippen molar-refractivity contribution < 1.29 is 14.6 Å². The highest BCUT2D eigenvalue weighted by atomic mass is 16.5. The summed E-state index contributed by atoms with van der Waals surface area (Å²) in [5, 5.41) is 12.8. The molecular formula is C13H21N3O3. The molecule has 19 heavy (non-hydrogen) atoms. The van der Waals surface area contributed by atoms with E-state index in [1.165, 1.54) is 6.20 Å². The zero-order valence-electron chi connectivity index (χ0n) is 11.9. The van der Waals surface area contributed by atoms with E-state index in [2.05, 4.69) is 15.3 Å². The molecule has 6 heteroatoms. The fraction of sp³-hybridized carbons (Fsp3) is 0.615. The lowest BCUT2D eigenvalue weighted by Crippen LogP contribution is -2.33. The third-order valence-electron chi connectivity index (χ3n) is 2.86. The highest BCUT2D eigenvalue weighted by Gasteiger charge is 2.18. The number of aryl methyl sites for hydroxylation is 1. The number of anilines is 1. The molecule has 0 aliphatic rings. The van der Waals surface area contributed by atoms with Crippen LogP contribution in [0.1, 0.15) is 43.2 Å². The molecule has 0 fully saturated rings. The highest BCUT2D eigenvalue weighted by molar-refractivity contribution is 5.90. The van der Waals surface area contributed by atoms with Crippen LogP contribution in [-0.2, 0) is 4.74 Å². The first-order valence-corrected chi connectivity index (χ1v) is 6.36. The summed E-state index contributed by atoms with van der Waals surface area (Å²) >= 11 is 0. The van der Waals surface area contributed by atoms with Gasteiger partial charge in [-0.25, -0.2) is 14.8 Å². The van der Waals surface area contributed by atoms with Gasteiger partial charge in [0.1, 0.15) is 0 Å². The lowest BCUT2D eigenvalue weighted by molar-refractivity contribution is 0.0524.